The summed E-state index contributed by atoms with van der Waals surface area (Å²) in [6.07, 6.45) is 1.58. The molecule has 0 fully saturated rings. The van der Waals surface area contributed by atoms with Crippen molar-refractivity contribution < 1.29 is 8.83 Å². The van der Waals surface area contributed by atoms with Gasteiger partial charge >= 0.3 is 0 Å². The van der Waals surface area contributed by atoms with Gasteiger partial charge in [-0.1, -0.05) is 0 Å². The molecule has 3 heterocycles. The van der Waals surface area contributed by atoms with Crippen LogP contribution in [0.25, 0.3) is 11.7 Å². The maximum Gasteiger partial charge on any atom is 0.283 e. The van der Waals surface area contributed by atoms with Crippen LogP contribution in [0.5, 0.6) is 0 Å². The molecule has 0 spiro atoms. The fourth-order valence-corrected chi connectivity index (χ4v) is 3.22. The molecule has 1 atom stereocenters. The SMILES string of the molecule is Cc1nc(C(C)N(C)Cc2nnc(-c3ccco3)o2)c(C)s1. The Morgan fingerprint density at radius 2 is 2.14 bits per heavy atom. The number of hydrogen-bond acceptors (Lipinski definition) is 7. The van der Waals surface area contributed by atoms with E-state index >= 15 is 0 Å². The van der Waals surface area contributed by atoms with E-state index in [1.165, 1.54) is 4.88 Å². The summed E-state index contributed by atoms with van der Waals surface area (Å²) in [7, 11) is 2.02. The van der Waals surface area contributed by atoms with Gasteiger partial charge < -0.3 is 8.83 Å². The maximum absolute atomic E-state index is 5.64. The summed E-state index contributed by atoms with van der Waals surface area (Å²) in [5.74, 6) is 1.55. The zero-order chi connectivity index (χ0) is 15.7. The predicted molar refractivity (Wildman–Crippen MR) is 83.5 cm³/mol. The van der Waals surface area contributed by atoms with Gasteiger partial charge in [-0.25, -0.2) is 4.98 Å². The minimum absolute atomic E-state index is 0.184. The predicted octanol–water partition coefficient (Wildman–Crippen LogP) is 3.60. The molecule has 0 aliphatic heterocycles. The fraction of sp³-hybridized carbons (Fsp3) is 0.400. The van der Waals surface area contributed by atoms with E-state index in [1.54, 1.807) is 29.7 Å². The average molecular weight is 318 g/mol. The first kappa shape index (κ1) is 14.9. The topological polar surface area (TPSA) is 68.2 Å². The molecule has 0 amide bonds. The molecule has 0 bridgehead atoms. The summed E-state index contributed by atoms with van der Waals surface area (Å²) >= 11 is 1.72. The van der Waals surface area contributed by atoms with Crippen molar-refractivity contribution in [2.24, 2.45) is 0 Å². The Morgan fingerprint density at radius 1 is 1.32 bits per heavy atom. The largest absolute Gasteiger partial charge is 0.459 e. The highest BCUT2D eigenvalue weighted by Crippen LogP contribution is 2.27. The summed E-state index contributed by atoms with van der Waals surface area (Å²) in [5.41, 5.74) is 1.11. The molecule has 0 aliphatic rings. The molecule has 3 rings (SSSR count). The van der Waals surface area contributed by atoms with Crippen molar-refractivity contribution in [1.82, 2.24) is 20.1 Å². The first-order valence-electron chi connectivity index (χ1n) is 7.05. The first-order valence-corrected chi connectivity index (χ1v) is 7.86. The van der Waals surface area contributed by atoms with Gasteiger partial charge in [0.2, 0.25) is 5.89 Å². The zero-order valence-electron chi connectivity index (χ0n) is 13.0. The Labute approximate surface area is 132 Å². The lowest BCUT2D eigenvalue weighted by molar-refractivity contribution is 0.224. The summed E-state index contributed by atoms with van der Waals surface area (Å²) in [5, 5.41) is 9.18. The molecule has 0 saturated heterocycles. The van der Waals surface area contributed by atoms with Crippen LogP contribution < -0.4 is 0 Å². The number of rotatable bonds is 5. The van der Waals surface area contributed by atoms with Crippen molar-refractivity contribution >= 4 is 11.3 Å². The summed E-state index contributed by atoms with van der Waals surface area (Å²) in [6, 6.07) is 3.77. The van der Waals surface area contributed by atoms with Crippen molar-refractivity contribution in [2.45, 2.75) is 33.4 Å². The van der Waals surface area contributed by atoms with Crippen LogP contribution in [0.1, 0.15) is 34.4 Å². The lowest BCUT2D eigenvalue weighted by Gasteiger charge is -2.22. The molecular weight excluding hydrogens is 300 g/mol. The molecule has 0 radical (unpaired) electrons. The smallest absolute Gasteiger partial charge is 0.283 e. The molecular formula is C15H18N4O2S. The maximum atomic E-state index is 5.64. The van der Waals surface area contributed by atoms with Crippen molar-refractivity contribution in [1.29, 1.82) is 0 Å². The Balaban J connectivity index is 1.71. The third kappa shape index (κ3) is 2.95. The Kier molecular flexibility index (Phi) is 4.08. The summed E-state index contributed by atoms with van der Waals surface area (Å²) in [4.78, 5) is 8.00. The molecule has 6 nitrogen and oxygen atoms in total. The highest BCUT2D eigenvalue weighted by atomic mass is 32.1. The van der Waals surface area contributed by atoms with Crippen LogP contribution >= 0.6 is 11.3 Å². The van der Waals surface area contributed by atoms with E-state index in [1.807, 2.05) is 14.0 Å². The normalized spacial score (nSPS) is 13.0. The second-order valence-corrected chi connectivity index (χ2v) is 6.65. The molecule has 0 aromatic carbocycles. The lowest BCUT2D eigenvalue weighted by Crippen LogP contribution is -2.23. The molecule has 3 aromatic rings. The lowest BCUT2D eigenvalue weighted by atomic mass is 10.2. The van der Waals surface area contributed by atoms with Crippen molar-refractivity contribution in [3.63, 3.8) is 0 Å². The van der Waals surface area contributed by atoms with E-state index in [9.17, 15) is 0 Å². The van der Waals surface area contributed by atoms with Crippen molar-refractivity contribution in [2.75, 3.05) is 7.05 Å². The molecule has 0 saturated carbocycles. The number of furan rings is 1. The van der Waals surface area contributed by atoms with Gasteiger partial charge in [-0.3, -0.25) is 4.90 Å². The molecule has 0 aliphatic carbocycles. The van der Waals surface area contributed by atoms with Gasteiger partial charge in [0.1, 0.15) is 0 Å². The standard InChI is InChI=1S/C15H18N4O2S/c1-9(14-10(2)22-11(3)16-14)19(4)8-13-17-18-15(21-13)12-6-5-7-20-12/h5-7,9H,8H2,1-4H3. The van der Waals surface area contributed by atoms with E-state index in [4.69, 9.17) is 8.83 Å². The van der Waals surface area contributed by atoms with Gasteiger partial charge in [-0.05, 0) is 40.0 Å². The van der Waals surface area contributed by atoms with Gasteiger partial charge in [0.05, 0.1) is 29.6 Å². The van der Waals surface area contributed by atoms with Crippen LogP contribution in [-0.4, -0.2) is 27.1 Å². The van der Waals surface area contributed by atoms with Crippen LogP contribution in [0, 0.1) is 13.8 Å². The third-order valence-corrected chi connectivity index (χ3v) is 4.48. The van der Waals surface area contributed by atoms with Gasteiger partial charge in [-0.15, -0.1) is 21.5 Å². The van der Waals surface area contributed by atoms with E-state index in [2.05, 4.69) is 33.9 Å². The number of thiazole rings is 1. The van der Waals surface area contributed by atoms with Crippen molar-refractivity contribution in [3.05, 3.63) is 39.9 Å². The highest BCUT2D eigenvalue weighted by molar-refractivity contribution is 7.11. The Morgan fingerprint density at radius 3 is 2.77 bits per heavy atom. The quantitative estimate of drug-likeness (QED) is 0.716. The zero-order valence-corrected chi connectivity index (χ0v) is 13.8. The number of aromatic nitrogens is 3. The molecule has 22 heavy (non-hydrogen) atoms. The Bertz CT molecular complexity index is 748. The summed E-state index contributed by atoms with van der Waals surface area (Å²) < 4.78 is 10.9. The van der Waals surface area contributed by atoms with Gasteiger partial charge in [0.15, 0.2) is 5.76 Å². The Hall–Kier alpha value is -1.99. The van der Waals surface area contributed by atoms with E-state index in [0.717, 1.165) is 10.7 Å². The average Bonchev–Trinajstić information content (AvgIpc) is 3.18. The molecule has 116 valence electrons. The first-order chi connectivity index (χ1) is 10.5. The minimum atomic E-state index is 0.184. The number of aryl methyl sites for hydroxylation is 2. The van der Waals surface area contributed by atoms with E-state index in [-0.39, 0.29) is 6.04 Å². The molecule has 7 heteroatoms. The molecule has 1 unspecified atom stereocenters. The monoisotopic (exact) mass is 318 g/mol. The van der Waals surface area contributed by atoms with Crippen LogP contribution in [0.2, 0.25) is 0 Å². The molecule has 3 aromatic heterocycles. The van der Waals surface area contributed by atoms with E-state index < -0.39 is 0 Å². The minimum Gasteiger partial charge on any atom is -0.459 e. The van der Waals surface area contributed by atoms with Gasteiger partial charge in [-0.2, -0.15) is 0 Å². The van der Waals surface area contributed by atoms with Gasteiger partial charge in [0, 0.05) is 4.88 Å². The number of nitrogens with zero attached hydrogens (tertiary/aromatic N) is 4. The highest BCUT2D eigenvalue weighted by Gasteiger charge is 2.20. The van der Waals surface area contributed by atoms with E-state index in [0.29, 0.717) is 24.1 Å². The van der Waals surface area contributed by atoms with Crippen LogP contribution in [0.4, 0.5) is 0 Å². The van der Waals surface area contributed by atoms with Crippen LogP contribution in [-0.2, 0) is 6.54 Å². The fourth-order valence-electron chi connectivity index (χ4n) is 2.31. The third-order valence-electron chi connectivity index (χ3n) is 3.58. The number of hydrogen-bond donors (Lipinski definition) is 0. The van der Waals surface area contributed by atoms with Gasteiger partial charge in [0.25, 0.3) is 5.89 Å². The second-order valence-electron chi connectivity index (χ2n) is 5.24. The van der Waals surface area contributed by atoms with Crippen LogP contribution in [0.3, 0.4) is 0 Å². The van der Waals surface area contributed by atoms with Crippen LogP contribution in [0.15, 0.2) is 27.2 Å². The summed E-state index contributed by atoms with van der Waals surface area (Å²) in [6.45, 7) is 6.82. The second kappa shape index (κ2) is 6.02. The molecule has 0 N–H and O–H groups in total. The van der Waals surface area contributed by atoms with Crippen molar-refractivity contribution in [3.8, 4) is 11.7 Å².